The minimum Gasteiger partial charge on any atom is -0.493 e. The van der Waals surface area contributed by atoms with Crippen LogP contribution in [0.15, 0.2) is 18.2 Å². The number of methoxy groups -OCH3 is 2. The maximum absolute atomic E-state index is 11.6. The van der Waals surface area contributed by atoms with Crippen molar-refractivity contribution in [1.29, 1.82) is 0 Å². The van der Waals surface area contributed by atoms with Crippen LogP contribution in [0.2, 0.25) is 0 Å². The molecular weight excluding hydrogens is 256 g/mol. The highest BCUT2D eigenvalue weighted by Crippen LogP contribution is 2.36. The van der Waals surface area contributed by atoms with Crippen molar-refractivity contribution in [1.82, 2.24) is 5.32 Å². The number of nitrogens with two attached hydrogens (primary N) is 1. The summed E-state index contributed by atoms with van der Waals surface area (Å²) < 4.78 is 10.6. The van der Waals surface area contributed by atoms with Crippen LogP contribution in [0.25, 0.3) is 0 Å². The number of nitrogens with one attached hydrogen (secondary N) is 1. The van der Waals surface area contributed by atoms with Gasteiger partial charge in [-0.25, -0.2) is 0 Å². The van der Waals surface area contributed by atoms with E-state index in [1.165, 1.54) is 0 Å². The van der Waals surface area contributed by atoms with E-state index in [0.717, 1.165) is 18.5 Å². The van der Waals surface area contributed by atoms with Crippen LogP contribution in [0.3, 0.4) is 0 Å². The molecule has 2 rings (SSSR count). The zero-order valence-corrected chi connectivity index (χ0v) is 12.2. The van der Waals surface area contributed by atoms with Gasteiger partial charge in [0, 0.05) is 13.1 Å². The van der Waals surface area contributed by atoms with Crippen LogP contribution in [0.1, 0.15) is 12.5 Å². The lowest BCUT2D eigenvalue weighted by Crippen LogP contribution is -2.38. The lowest BCUT2D eigenvalue weighted by atomic mass is 9.75. The van der Waals surface area contributed by atoms with Crippen molar-refractivity contribution < 1.29 is 14.3 Å². The topological polar surface area (TPSA) is 73.6 Å². The van der Waals surface area contributed by atoms with E-state index in [-0.39, 0.29) is 17.2 Å². The van der Waals surface area contributed by atoms with Crippen LogP contribution in [0.4, 0.5) is 0 Å². The summed E-state index contributed by atoms with van der Waals surface area (Å²) in [5, 5.41) is 3.26. The Morgan fingerprint density at radius 2 is 2.10 bits per heavy atom. The first kappa shape index (κ1) is 14.7. The van der Waals surface area contributed by atoms with Gasteiger partial charge in [-0.1, -0.05) is 13.0 Å². The van der Waals surface area contributed by atoms with Crippen molar-refractivity contribution in [2.75, 3.05) is 27.3 Å². The van der Waals surface area contributed by atoms with Crippen LogP contribution in [0, 0.1) is 11.3 Å². The van der Waals surface area contributed by atoms with E-state index in [9.17, 15) is 4.79 Å². The predicted octanol–water partition coefficient (Wildman–Crippen LogP) is 0.957. The van der Waals surface area contributed by atoms with Crippen molar-refractivity contribution in [2.45, 2.75) is 13.3 Å². The third kappa shape index (κ3) is 2.72. The number of rotatable bonds is 5. The molecule has 0 saturated carbocycles. The first-order valence-corrected chi connectivity index (χ1v) is 6.71. The first-order valence-electron chi connectivity index (χ1n) is 6.71. The second-order valence-electron chi connectivity index (χ2n) is 5.61. The summed E-state index contributed by atoms with van der Waals surface area (Å²) in [4.78, 5) is 11.6. The van der Waals surface area contributed by atoms with Crippen molar-refractivity contribution in [3.05, 3.63) is 23.8 Å². The van der Waals surface area contributed by atoms with Gasteiger partial charge in [-0.05, 0) is 29.5 Å². The van der Waals surface area contributed by atoms with Crippen LogP contribution in [0.5, 0.6) is 11.5 Å². The molecule has 2 atom stereocenters. The summed E-state index contributed by atoms with van der Waals surface area (Å²) >= 11 is 0. The Morgan fingerprint density at radius 1 is 1.40 bits per heavy atom. The van der Waals surface area contributed by atoms with E-state index in [1.54, 1.807) is 14.2 Å². The fourth-order valence-electron chi connectivity index (χ4n) is 2.96. The Balaban J connectivity index is 2.23. The van der Waals surface area contributed by atoms with Gasteiger partial charge in [0.05, 0.1) is 20.1 Å². The summed E-state index contributed by atoms with van der Waals surface area (Å²) in [6.45, 7) is 3.53. The molecule has 5 nitrogen and oxygen atoms in total. The standard InChI is InChI=1S/C15H22N2O3/c1-15(9-17-8-11(15)14(16)18)7-10-4-5-12(19-2)13(6-10)20-3/h4-6,11,17H,7-9H2,1-3H3,(H2,16,18). The largest absolute Gasteiger partial charge is 0.493 e. The van der Waals surface area contributed by atoms with E-state index >= 15 is 0 Å². The Labute approximate surface area is 119 Å². The molecule has 0 aliphatic carbocycles. The smallest absolute Gasteiger partial charge is 0.222 e. The second-order valence-corrected chi connectivity index (χ2v) is 5.61. The number of benzene rings is 1. The third-order valence-electron chi connectivity index (χ3n) is 4.12. The van der Waals surface area contributed by atoms with Gasteiger partial charge in [-0.3, -0.25) is 4.79 Å². The van der Waals surface area contributed by atoms with Crippen molar-refractivity contribution in [2.24, 2.45) is 17.1 Å². The van der Waals surface area contributed by atoms with Crippen molar-refractivity contribution >= 4 is 5.91 Å². The normalized spacial score (nSPS) is 25.4. The predicted molar refractivity (Wildman–Crippen MR) is 76.9 cm³/mol. The molecule has 1 aromatic carbocycles. The average Bonchev–Trinajstić information content (AvgIpc) is 2.80. The maximum Gasteiger partial charge on any atom is 0.222 e. The van der Waals surface area contributed by atoms with Gasteiger partial charge in [0.25, 0.3) is 0 Å². The van der Waals surface area contributed by atoms with Crippen LogP contribution in [-0.4, -0.2) is 33.2 Å². The zero-order chi connectivity index (χ0) is 14.8. The molecule has 3 N–H and O–H groups in total. The van der Waals surface area contributed by atoms with Crippen molar-refractivity contribution in [3.63, 3.8) is 0 Å². The summed E-state index contributed by atoms with van der Waals surface area (Å²) in [6.07, 6.45) is 0.772. The third-order valence-corrected chi connectivity index (χ3v) is 4.12. The Hall–Kier alpha value is -1.75. The molecule has 1 amide bonds. The molecule has 1 aromatic rings. The van der Waals surface area contributed by atoms with Gasteiger partial charge in [0.1, 0.15) is 0 Å². The highest BCUT2D eigenvalue weighted by Gasteiger charge is 2.42. The SMILES string of the molecule is COc1ccc(CC2(C)CNCC2C(N)=O)cc1OC. The van der Waals surface area contributed by atoms with Gasteiger partial charge in [0.15, 0.2) is 11.5 Å². The number of ether oxygens (including phenoxy) is 2. The zero-order valence-electron chi connectivity index (χ0n) is 12.2. The van der Waals surface area contributed by atoms with E-state index in [0.29, 0.717) is 18.0 Å². The van der Waals surface area contributed by atoms with E-state index in [1.807, 2.05) is 18.2 Å². The number of hydrogen-bond acceptors (Lipinski definition) is 4. The molecule has 1 fully saturated rings. The van der Waals surface area contributed by atoms with E-state index < -0.39 is 0 Å². The average molecular weight is 278 g/mol. The number of carbonyl (C=O) groups is 1. The molecule has 20 heavy (non-hydrogen) atoms. The number of hydrogen-bond donors (Lipinski definition) is 2. The Morgan fingerprint density at radius 3 is 2.70 bits per heavy atom. The van der Waals surface area contributed by atoms with Crippen molar-refractivity contribution in [3.8, 4) is 11.5 Å². The molecule has 0 radical (unpaired) electrons. The molecule has 1 saturated heterocycles. The van der Waals surface area contributed by atoms with Gasteiger partial charge in [-0.15, -0.1) is 0 Å². The molecule has 5 heteroatoms. The van der Waals surface area contributed by atoms with Gasteiger partial charge < -0.3 is 20.5 Å². The molecule has 2 unspecified atom stereocenters. The summed E-state index contributed by atoms with van der Waals surface area (Å²) in [5.74, 6) is 1.03. The Kier molecular flexibility index (Phi) is 4.18. The molecule has 1 aliphatic rings. The lowest BCUT2D eigenvalue weighted by Gasteiger charge is -2.28. The molecular formula is C15H22N2O3. The first-order chi connectivity index (χ1) is 9.50. The molecule has 0 spiro atoms. The highest BCUT2D eigenvalue weighted by molar-refractivity contribution is 5.78. The highest BCUT2D eigenvalue weighted by atomic mass is 16.5. The van der Waals surface area contributed by atoms with E-state index in [4.69, 9.17) is 15.2 Å². The van der Waals surface area contributed by atoms with Crippen LogP contribution >= 0.6 is 0 Å². The Bertz CT molecular complexity index is 504. The van der Waals surface area contributed by atoms with E-state index in [2.05, 4.69) is 12.2 Å². The lowest BCUT2D eigenvalue weighted by molar-refractivity contribution is -0.123. The minimum absolute atomic E-state index is 0.143. The fraction of sp³-hybridized carbons (Fsp3) is 0.533. The quantitative estimate of drug-likeness (QED) is 0.841. The van der Waals surface area contributed by atoms with Crippen LogP contribution < -0.4 is 20.5 Å². The molecule has 0 aromatic heterocycles. The number of primary amides is 1. The van der Waals surface area contributed by atoms with Gasteiger partial charge >= 0.3 is 0 Å². The minimum atomic E-state index is -0.238. The van der Waals surface area contributed by atoms with Gasteiger partial charge in [0.2, 0.25) is 5.91 Å². The van der Waals surface area contributed by atoms with Gasteiger partial charge in [-0.2, -0.15) is 0 Å². The number of amides is 1. The molecule has 0 bridgehead atoms. The molecule has 1 heterocycles. The molecule has 1 aliphatic heterocycles. The number of carbonyl (C=O) groups excluding carboxylic acids is 1. The summed E-state index contributed by atoms with van der Waals surface area (Å²) in [7, 11) is 3.23. The summed E-state index contributed by atoms with van der Waals surface area (Å²) in [5.41, 5.74) is 6.46. The van der Waals surface area contributed by atoms with Crippen LogP contribution in [-0.2, 0) is 11.2 Å². The fourth-order valence-corrected chi connectivity index (χ4v) is 2.96. The monoisotopic (exact) mass is 278 g/mol. The summed E-state index contributed by atoms with van der Waals surface area (Å²) in [6, 6.07) is 5.85. The second kappa shape index (κ2) is 5.71. The molecule has 110 valence electrons. The maximum atomic E-state index is 11.6.